The molecule has 0 bridgehead atoms. The molecule has 0 aliphatic heterocycles. The van der Waals surface area contributed by atoms with E-state index in [1.54, 1.807) is 0 Å². The number of halogens is 1. The Bertz CT molecular complexity index is 481. The number of carbonyl (C=O) groups is 1. The Balaban J connectivity index is 3.51. The number of anilines is 1. The monoisotopic (exact) mass is 233 g/mol. The Hall–Kier alpha value is -1.07. The summed E-state index contributed by atoms with van der Waals surface area (Å²) in [6, 6.07) is 4.12. The average molecular weight is 234 g/mol. The fourth-order valence-corrected chi connectivity index (χ4v) is 2.08. The van der Waals surface area contributed by atoms with Gasteiger partial charge in [0.1, 0.15) is 4.90 Å². The van der Waals surface area contributed by atoms with E-state index in [0.29, 0.717) is 0 Å². The molecule has 1 rings (SSSR count). The maximum atomic E-state index is 11.0. The molecule has 0 aliphatic rings. The van der Waals surface area contributed by atoms with E-state index in [2.05, 4.69) is 0 Å². The van der Waals surface area contributed by atoms with Crippen LogP contribution in [-0.4, -0.2) is 14.2 Å². The summed E-state index contributed by atoms with van der Waals surface area (Å²) in [5.74, 6) is -0.301. The zero-order valence-electron chi connectivity index (χ0n) is 7.32. The maximum Gasteiger partial charge on any atom is 0.263 e. The van der Waals surface area contributed by atoms with Gasteiger partial charge in [0.2, 0.25) is 0 Å². The summed E-state index contributed by atoms with van der Waals surface area (Å²) in [6.07, 6.45) is 0. The van der Waals surface area contributed by atoms with Crippen LogP contribution in [0.25, 0.3) is 0 Å². The normalized spacial score (nSPS) is 11.3. The predicted molar refractivity (Wildman–Crippen MR) is 53.9 cm³/mol. The van der Waals surface area contributed by atoms with Gasteiger partial charge in [0.25, 0.3) is 9.05 Å². The molecule has 0 fully saturated rings. The van der Waals surface area contributed by atoms with Crippen LogP contribution < -0.4 is 5.73 Å². The van der Waals surface area contributed by atoms with Crippen LogP contribution >= 0.6 is 10.7 Å². The smallest absolute Gasteiger partial charge is 0.263 e. The number of hydrogen-bond acceptors (Lipinski definition) is 4. The third-order valence-corrected chi connectivity index (χ3v) is 3.09. The molecule has 0 atom stereocenters. The number of ketones is 1. The lowest BCUT2D eigenvalue weighted by molar-refractivity contribution is 0.101. The molecule has 1 aromatic carbocycles. The fourth-order valence-electron chi connectivity index (χ4n) is 1.06. The number of carbonyl (C=O) groups excluding carboxylic acids is 1. The van der Waals surface area contributed by atoms with E-state index in [1.165, 1.54) is 25.1 Å². The first kappa shape index (κ1) is 11.0. The zero-order valence-corrected chi connectivity index (χ0v) is 8.89. The summed E-state index contributed by atoms with van der Waals surface area (Å²) in [5, 5.41) is 0. The molecule has 0 heterocycles. The van der Waals surface area contributed by atoms with Crippen molar-refractivity contribution in [2.45, 2.75) is 11.8 Å². The highest BCUT2D eigenvalue weighted by molar-refractivity contribution is 8.13. The van der Waals surface area contributed by atoms with Gasteiger partial charge in [0.15, 0.2) is 5.78 Å². The standard InChI is InChI=1S/C8H8ClNO3S/c1-5(11)6-3-2-4-7(8(6)10)14(9,12)13/h2-4H,10H2,1H3. The molecule has 0 saturated carbocycles. The quantitative estimate of drug-likeness (QED) is 0.476. The Morgan fingerprint density at radius 1 is 1.43 bits per heavy atom. The number of nitrogen functional groups attached to an aromatic ring is 1. The molecule has 0 radical (unpaired) electrons. The molecule has 1 aromatic rings. The minimum Gasteiger partial charge on any atom is -0.397 e. The number of Topliss-reactive ketones (excluding diaryl/α,β-unsaturated/α-hetero) is 1. The van der Waals surface area contributed by atoms with Gasteiger partial charge >= 0.3 is 0 Å². The van der Waals surface area contributed by atoms with Gasteiger partial charge < -0.3 is 5.73 Å². The highest BCUT2D eigenvalue weighted by Gasteiger charge is 2.17. The van der Waals surface area contributed by atoms with Crippen LogP contribution in [0.15, 0.2) is 23.1 Å². The highest BCUT2D eigenvalue weighted by atomic mass is 35.7. The molecule has 0 unspecified atom stereocenters. The second-order valence-electron chi connectivity index (χ2n) is 2.71. The van der Waals surface area contributed by atoms with E-state index < -0.39 is 9.05 Å². The Labute approximate surface area is 86.1 Å². The van der Waals surface area contributed by atoms with Gasteiger partial charge in [-0.1, -0.05) is 6.07 Å². The second-order valence-corrected chi connectivity index (χ2v) is 5.25. The number of nitrogens with two attached hydrogens (primary N) is 1. The molecule has 0 aromatic heterocycles. The molecular weight excluding hydrogens is 226 g/mol. The number of para-hydroxylation sites is 1. The summed E-state index contributed by atoms with van der Waals surface area (Å²) >= 11 is 0. The Kier molecular flexibility index (Phi) is 2.82. The lowest BCUT2D eigenvalue weighted by atomic mass is 10.1. The lowest BCUT2D eigenvalue weighted by Gasteiger charge is -2.05. The lowest BCUT2D eigenvalue weighted by Crippen LogP contribution is -2.05. The van der Waals surface area contributed by atoms with E-state index in [0.717, 1.165) is 0 Å². The van der Waals surface area contributed by atoms with Gasteiger partial charge in [-0.05, 0) is 19.1 Å². The van der Waals surface area contributed by atoms with Crippen LogP contribution in [0.3, 0.4) is 0 Å². The maximum absolute atomic E-state index is 11.0. The van der Waals surface area contributed by atoms with Crippen LogP contribution in [-0.2, 0) is 9.05 Å². The highest BCUT2D eigenvalue weighted by Crippen LogP contribution is 2.25. The SMILES string of the molecule is CC(=O)c1cccc(S(=O)(=O)Cl)c1N. The summed E-state index contributed by atoms with van der Waals surface area (Å²) in [6.45, 7) is 1.30. The van der Waals surface area contributed by atoms with E-state index in [1.807, 2.05) is 0 Å². The van der Waals surface area contributed by atoms with Crippen molar-refractivity contribution in [3.8, 4) is 0 Å². The van der Waals surface area contributed by atoms with Crippen LogP contribution in [0.2, 0.25) is 0 Å². The summed E-state index contributed by atoms with van der Waals surface area (Å²) in [7, 11) is 1.23. The van der Waals surface area contributed by atoms with Crippen molar-refractivity contribution in [2.75, 3.05) is 5.73 Å². The van der Waals surface area contributed by atoms with E-state index in [4.69, 9.17) is 16.4 Å². The molecule has 6 heteroatoms. The second kappa shape index (κ2) is 3.59. The first-order valence-corrected chi connectivity index (χ1v) is 5.99. The largest absolute Gasteiger partial charge is 0.397 e. The summed E-state index contributed by atoms with van der Waals surface area (Å²) in [4.78, 5) is 10.8. The molecule has 0 amide bonds. The third kappa shape index (κ3) is 2.05. The molecule has 0 spiro atoms. The first-order valence-electron chi connectivity index (χ1n) is 3.68. The molecule has 76 valence electrons. The molecule has 0 saturated heterocycles. The Morgan fingerprint density at radius 2 is 2.00 bits per heavy atom. The molecular formula is C8H8ClNO3S. The van der Waals surface area contributed by atoms with Crippen LogP contribution in [0.1, 0.15) is 17.3 Å². The molecule has 4 nitrogen and oxygen atoms in total. The van der Waals surface area contributed by atoms with Crippen molar-refractivity contribution in [2.24, 2.45) is 0 Å². The molecule has 2 N–H and O–H groups in total. The summed E-state index contributed by atoms with van der Waals surface area (Å²) in [5.41, 5.74) is 5.54. The van der Waals surface area contributed by atoms with Crippen molar-refractivity contribution in [1.82, 2.24) is 0 Å². The Morgan fingerprint density at radius 3 is 2.43 bits per heavy atom. The average Bonchev–Trinajstić information content (AvgIpc) is 2.01. The predicted octanol–water partition coefficient (Wildman–Crippen LogP) is 1.40. The van der Waals surface area contributed by atoms with Crippen molar-refractivity contribution < 1.29 is 13.2 Å². The molecule has 0 aliphatic carbocycles. The van der Waals surface area contributed by atoms with Crippen molar-refractivity contribution >= 4 is 31.2 Å². The number of hydrogen-bond donors (Lipinski definition) is 1. The topological polar surface area (TPSA) is 77.2 Å². The van der Waals surface area contributed by atoms with Crippen molar-refractivity contribution in [3.05, 3.63) is 23.8 Å². The van der Waals surface area contributed by atoms with E-state index in [-0.39, 0.29) is 21.9 Å². The molecule has 14 heavy (non-hydrogen) atoms. The fraction of sp³-hybridized carbons (Fsp3) is 0.125. The van der Waals surface area contributed by atoms with E-state index >= 15 is 0 Å². The number of rotatable bonds is 2. The van der Waals surface area contributed by atoms with E-state index in [9.17, 15) is 13.2 Å². The minimum absolute atomic E-state index is 0.102. The van der Waals surface area contributed by atoms with Gasteiger partial charge in [-0.3, -0.25) is 4.79 Å². The van der Waals surface area contributed by atoms with Crippen molar-refractivity contribution in [3.63, 3.8) is 0 Å². The summed E-state index contributed by atoms with van der Waals surface area (Å²) < 4.78 is 22.0. The minimum atomic E-state index is -3.89. The first-order chi connectivity index (χ1) is 6.34. The van der Waals surface area contributed by atoms with Gasteiger partial charge in [-0.25, -0.2) is 8.42 Å². The van der Waals surface area contributed by atoms with Gasteiger partial charge in [-0.2, -0.15) is 0 Å². The van der Waals surface area contributed by atoms with Gasteiger partial charge in [0.05, 0.1) is 5.69 Å². The van der Waals surface area contributed by atoms with Crippen LogP contribution in [0.5, 0.6) is 0 Å². The van der Waals surface area contributed by atoms with Crippen LogP contribution in [0, 0.1) is 0 Å². The van der Waals surface area contributed by atoms with Crippen LogP contribution in [0.4, 0.5) is 5.69 Å². The van der Waals surface area contributed by atoms with Gasteiger partial charge in [-0.15, -0.1) is 0 Å². The third-order valence-electron chi connectivity index (χ3n) is 1.71. The van der Waals surface area contributed by atoms with Crippen molar-refractivity contribution in [1.29, 1.82) is 0 Å². The zero-order chi connectivity index (χ0) is 10.9. The van der Waals surface area contributed by atoms with Gasteiger partial charge in [0, 0.05) is 16.2 Å². The number of benzene rings is 1.